The fourth-order valence-electron chi connectivity index (χ4n) is 4.02. The van der Waals surface area contributed by atoms with Gasteiger partial charge in [-0.1, -0.05) is 54.1 Å². The van der Waals surface area contributed by atoms with Crippen molar-refractivity contribution in [3.05, 3.63) is 95.0 Å². The molecular formula is C31H37ClN2O4. The highest BCUT2D eigenvalue weighted by Crippen LogP contribution is 2.20. The number of halogens is 1. The van der Waals surface area contributed by atoms with Gasteiger partial charge in [0, 0.05) is 29.9 Å². The van der Waals surface area contributed by atoms with Crippen LogP contribution in [0.25, 0.3) is 0 Å². The number of nitrogens with one attached hydrogen (secondary N) is 1. The Balaban J connectivity index is 1.78. The molecule has 0 heterocycles. The van der Waals surface area contributed by atoms with Gasteiger partial charge in [0.05, 0.1) is 13.7 Å². The first-order valence-corrected chi connectivity index (χ1v) is 13.2. The molecule has 0 spiro atoms. The third kappa shape index (κ3) is 9.42. The lowest BCUT2D eigenvalue weighted by Gasteiger charge is -2.34. The van der Waals surface area contributed by atoms with E-state index in [1.54, 1.807) is 24.1 Å². The Morgan fingerprint density at radius 2 is 1.53 bits per heavy atom. The van der Waals surface area contributed by atoms with E-state index >= 15 is 0 Å². The van der Waals surface area contributed by atoms with Gasteiger partial charge in [-0.3, -0.25) is 9.59 Å². The van der Waals surface area contributed by atoms with Crippen LogP contribution in [0.4, 0.5) is 0 Å². The molecule has 3 rings (SSSR count). The summed E-state index contributed by atoms with van der Waals surface area (Å²) in [5.74, 6) is 1.17. The van der Waals surface area contributed by atoms with Gasteiger partial charge in [-0.15, -0.1) is 0 Å². The lowest BCUT2D eigenvalue weighted by atomic mass is 10.00. The van der Waals surface area contributed by atoms with Gasteiger partial charge in [-0.05, 0) is 74.7 Å². The van der Waals surface area contributed by atoms with Gasteiger partial charge >= 0.3 is 0 Å². The van der Waals surface area contributed by atoms with Gasteiger partial charge in [0.25, 0.3) is 0 Å². The number of carbonyl (C=O) groups excluding carboxylic acids is 2. The zero-order valence-corrected chi connectivity index (χ0v) is 23.3. The summed E-state index contributed by atoms with van der Waals surface area (Å²) in [5.41, 5.74) is 1.45. The first-order valence-electron chi connectivity index (χ1n) is 12.8. The predicted octanol–water partition coefficient (Wildman–Crippen LogP) is 6.06. The molecule has 0 saturated carbocycles. The number of carbonyl (C=O) groups is 2. The summed E-state index contributed by atoms with van der Waals surface area (Å²) in [7, 11) is 1.62. The fourth-order valence-corrected chi connectivity index (χ4v) is 4.15. The number of hydrogen-bond donors (Lipinski definition) is 1. The molecule has 0 radical (unpaired) electrons. The van der Waals surface area contributed by atoms with Gasteiger partial charge in [-0.25, -0.2) is 0 Å². The smallest absolute Gasteiger partial charge is 0.243 e. The molecule has 1 N–H and O–H groups in total. The van der Waals surface area contributed by atoms with E-state index in [0.29, 0.717) is 36.8 Å². The lowest BCUT2D eigenvalue weighted by Crippen LogP contribution is -2.54. The second-order valence-electron chi connectivity index (χ2n) is 10.2. The Labute approximate surface area is 230 Å². The number of ether oxygens (including phenoxy) is 2. The second-order valence-corrected chi connectivity index (χ2v) is 10.7. The molecule has 0 unspecified atom stereocenters. The van der Waals surface area contributed by atoms with Crippen LogP contribution in [-0.4, -0.2) is 42.0 Å². The summed E-state index contributed by atoms with van der Waals surface area (Å²) in [5, 5.41) is 3.70. The molecule has 202 valence electrons. The Bertz CT molecular complexity index is 1160. The SMILES string of the molecule is COc1ccc(OCCCC(=O)N(Cc2ccc(Cl)cc2)[C@@H](Cc2ccccc2)C(=O)NC(C)(C)C)cc1. The summed E-state index contributed by atoms with van der Waals surface area (Å²) in [6, 6.07) is 23.8. The van der Waals surface area contributed by atoms with Crippen LogP contribution in [-0.2, 0) is 22.6 Å². The molecule has 38 heavy (non-hydrogen) atoms. The Kier molecular flexibility index (Phi) is 10.6. The third-order valence-corrected chi connectivity index (χ3v) is 6.15. The molecule has 6 nitrogen and oxygen atoms in total. The maximum absolute atomic E-state index is 13.7. The number of rotatable bonds is 12. The van der Waals surface area contributed by atoms with Gasteiger partial charge in [0.1, 0.15) is 17.5 Å². The highest BCUT2D eigenvalue weighted by molar-refractivity contribution is 6.30. The molecule has 0 saturated heterocycles. The first-order chi connectivity index (χ1) is 18.1. The topological polar surface area (TPSA) is 67.9 Å². The number of benzene rings is 3. The van der Waals surface area contributed by atoms with E-state index in [9.17, 15) is 9.59 Å². The molecule has 3 aromatic rings. The molecule has 3 aromatic carbocycles. The van der Waals surface area contributed by atoms with Crippen LogP contribution >= 0.6 is 11.6 Å². The zero-order valence-electron chi connectivity index (χ0n) is 22.6. The van der Waals surface area contributed by atoms with Gasteiger partial charge in [0.15, 0.2) is 0 Å². The van der Waals surface area contributed by atoms with Crippen molar-refractivity contribution < 1.29 is 19.1 Å². The first kappa shape index (κ1) is 29.1. The molecule has 1 atom stereocenters. The second kappa shape index (κ2) is 13.9. The van der Waals surface area contributed by atoms with Crippen LogP contribution in [0.2, 0.25) is 5.02 Å². The fraction of sp³-hybridized carbons (Fsp3) is 0.355. The minimum absolute atomic E-state index is 0.108. The average molecular weight is 537 g/mol. The molecule has 2 amide bonds. The summed E-state index contributed by atoms with van der Waals surface area (Å²) < 4.78 is 11.0. The van der Waals surface area contributed by atoms with E-state index in [1.165, 1.54) is 0 Å². The minimum atomic E-state index is -0.678. The van der Waals surface area contributed by atoms with Crippen LogP contribution in [0.15, 0.2) is 78.9 Å². The van der Waals surface area contributed by atoms with Crippen molar-refractivity contribution in [2.45, 2.75) is 58.2 Å². The molecule has 0 fully saturated rings. The Morgan fingerprint density at radius 3 is 2.13 bits per heavy atom. The highest BCUT2D eigenvalue weighted by Gasteiger charge is 2.32. The monoisotopic (exact) mass is 536 g/mol. The van der Waals surface area contributed by atoms with Gasteiger partial charge in [0.2, 0.25) is 11.8 Å². The van der Waals surface area contributed by atoms with Crippen molar-refractivity contribution in [1.82, 2.24) is 10.2 Å². The van der Waals surface area contributed by atoms with E-state index in [2.05, 4.69) is 5.32 Å². The van der Waals surface area contributed by atoms with Crippen molar-refractivity contribution in [1.29, 1.82) is 0 Å². The molecular weight excluding hydrogens is 500 g/mol. The summed E-state index contributed by atoms with van der Waals surface area (Å²) in [6.07, 6.45) is 1.17. The van der Waals surface area contributed by atoms with Crippen LogP contribution < -0.4 is 14.8 Å². The van der Waals surface area contributed by atoms with E-state index < -0.39 is 11.6 Å². The number of hydrogen-bond acceptors (Lipinski definition) is 4. The van der Waals surface area contributed by atoms with Crippen molar-refractivity contribution in [2.24, 2.45) is 0 Å². The van der Waals surface area contributed by atoms with Crippen LogP contribution in [0.1, 0.15) is 44.7 Å². The number of methoxy groups -OCH3 is 1. The Morgan fingerprint density at radius 1 is 0.895 bits per heavy atom. The summed E-state index contributed by atoms with van der Waals surface area (Å²) in [6.45, 7) is 6.49. The molecule has 0 aliphatic rings. The summed E-state index contributed by atoms with van der Waals surface area (Å²) in [4.78, 5) is 28.9. The van der Waals surface area contributed by atoms with Gasteiger partial charge in [-0.2, -0.15) is 0 Å². The van der Waals surface area contributed by atoms with E-state index in [1.807, 2.05) is 87.5 Å². The van der Waals surface area contributed by atoms with Crippen LogP contribution in [0.3, 0.4) is 0 Å². The maximum atomic E-state index is 13.7. The van der Waals surface area contributed by atoms with Gasteiger partial charge < -0.3 is 19.7 Å². The molecule has 0 aliphatic carbocycles. The van der Waals surface area contributed by atoms with Crippen molar-refractivity contribution in [3.8, 4) is 11.5 Å². The van der Waals surface area contributed by atoms with Crippen molar-refractivity contribution in [2.75, 3.05) is 13.7 Å². The standard InChI is InChI=1S/C31H37ClN2O4/c1-31(2,3)33-30(36)28(21-23-9-6-5-7-10-23)34(22-24-12-14-25(32)15-13-24)29(35)11-8-20-38-27-18-16-26(37-4)17-19-27/h5-7,9-10,12-19,28H,8,11,20-22H2,1-4H3,(H,33,36)/t28-/m0/s1. The maximum Gasteiger partial charge on any atom is 0.243 e. The van der Waals surface area contributed by atoms with E-state index in [0.717, 1.165) is 16.9 Å². The van der Waals surface area contributed by atoms with Crippen LogP contribution in [0.5, 0.6) is 11.5 Å². The van der Waals surface area contributed by atoms with E-state index in [4.69, 9.17) is 21.1 Å². The number of amides is 2. The normalized spacial score (nSPS) is 11.9. The largest absolute Gasteiger partial charge is 0.497 e. The molecule has 0 bridgehead atoms. The van der Waals surface area contributed by atoms with Crippen molar-refractivity contribution >= 4 is 23.4 Å². The molecule has 0 aromatic heterocycles. The quantitative estimate of drug-likeness (QED) is 0.286. The summed E-state index contributed by atoms with van der Waals surface area (Å²) >= 11 is 6.09. The Hall–Kier alpha value is -3.51. The zero-order chi connectivity index (χ0) is 27.5. The van der Waals surface area contributed by atoms with Crippen molar-refractivity contribution in [3.63, 3.8) is 0 Å². The third-order valence-electron chi connectivity index (χ3n) is 5.90. The minimum Gasteiger partial charge on any atom is -0.497 e. The molecule has 7 heteroatoms. The van der Waals surface area contributed by atoms with E-state index in [-0.39, 0.29) is 18.2 Å². The highest BCUT2D eigenvalue weighted by atomic mass is 35.5. The average Bonchev–Trinajstić information content (AvgIpc) is 2.89. The van der Waals surface area contributed by atoms with Crippen LogP contribution in [0, 0.1) is 0 Å². The molecule has 0 aliphatic heterocycles. The lowest BCUT2D eigenvalue weighted by molar-refractivity contribution is -0.142. The predicted molar refractivity (Wildman–Crippen MR) is 152 cm³/mol. The number of nitrogens with zero attached hydrogens (tertiary/aromatic N) is 1.